The molecule has 0 spiro atoms. The Kier molecular flexibility index (Phi) is 3.97. The van der Waals surface area contributed by atoms with Crippen molar-refractivity contribution in [2.45, 2.75) is 13.5 Å². The maximum absolute atomic E-state index is 11.3. The summed E-state index contributed by atoms with van der Waals surface area (Å²) in [4.78, 5) is 12.8. The largest absolute Gasteiger partial charge is 0.450 e. The van der Waals surface area contributed by atoms with Gasteiger partial charge in [-0.05, 0) is 24.6 Å². The number of nitrogens with two attached hydrogens (primary N) is 1. The summed E-state index contributed by atoms with van der Waals surface area (Å²) in [5, 5.41) is 0. The minimum absolute atomic E-state index is 0.311. The molecule has 0 aliphatic heterocycles. The van der Waals surface area contributed by atoms with Gasteiger partial charge in [0.1, 0.15) is 0 Å². The average Bonchev–Trinajstić information content (AvgIpc) is 2.22. The van der Waals surface area contributed by atoms with Gasteiger partial charge in [0.05, 0.1) is 6.61 Å². The van der Waals surface area contributed by atoms with Crippen LogP contribution in [-0.2, 0) is 11.3 Å². The van der Waals surface area contributed by atoms with Crippen LogP contribution in [0.3, 0.4) is 0 Å². The van der Waals surface area contributed by atoms with E-state index in [1.165, 1.54) is 4.90 Å². The number of carbonyl (C=O) groups excluding carboxylic acids is 1. The molecular formula is C11H16N2O2. The second-order valence-corrected chi connectivity index (χ2v) is 3.30. The number of hydrogen-bond donors (Lipinski definition) is 1. The molecule has 2 N–H and O–H groups in total. The Balaban J connectivity index is 2.54. The summed E-state index contributed by atoms with van der Waals surface area (Å²) in [6.07, 6.45) is -0.311. The Hall–Kier alpha value is -1.71. The molecule has 0 saturated heterocycles. The van der Waals surface area contributed by atoms with Crippen molar-refractivity contribution >= 4 is 11.8 Å². The molecule has 0 atom stereocenters. The fourth-order valence-electron chi connectivity index (χ4n) is 1.20. The van der Waals surface area contributed by atoms with Crippen LogP contribution in [0.4, 0.5) is 10.5 Å². The highest BCUT2D eigenvalue weighted by atomic mass is 16.5. The van der Waals surface area contributed by atoms with Gasteiger partial charge in [-0.2, -0.15) is 0 Å². The number of rotatable bonds is 3. The van der Waals surface area contributed by atoms with Gasteiger partial charge in [0.15, 0.2) is 0 Å². The molecular weight excluding hydrogens is 192 g/mol. The predicted molar refractivity (Wildman–Crippen MR) is 59.3 cm³/mol. The minimum Gasteiger partial charge on any atom is -0.450 e. The van der Waals surface area contributed by atoms with Crippen LogP contribution in [0, 0.1) is 0 Å². The number of ether oxygens (including phenoxy) is 1. The molecule has 1 aromatic carbocycles. The standard InChI is InChI=1S/C11H16N2O2/c1-3-15-11(14)13(2)8-9-4-6-10(12)7-5-9/h4-7H,3,8,12H2,1-2H3. The molecule has 0 bridgehead atoms. The van der Waals surface area contributed by atoms with E-state index < -0.39 is 0 Å². The van der Waals surface area contributed by atoms with E-state index in [2.05, 4.69) is 0 Å². The zero-order chi connectivity index (χ0) is 11.3. The molecule has 0 aromatic heterocycles. The first-order valence-corrected chi connectivity index (χ1v) is 4.85. The molecule has 1 rings (SSSR count). The van der Waals surface area contributed by atoms with Crippen LogP contribution in [0.5, 0.6) is 0 Å². The topological polar surface area (TPSA) is 55.6 Å². The number of benzene rings is 1. The highest BCUT2D eigenvalue weighted by Crippen LogP contribution is 2.08. The summed E-state index contributed by atoms with van der Waals surface area (Å²) in [7, 11) is 1.70. The van der Waals surface area contributed by atoms with Crippen LogP contribution in [0.2, 0.25) is 0 Å². The van der Waals surface area contributed by atoms with Crippen LogP contribution in [0.1, 0.15) is 12.5 Å². The number of amides is 1. The van der Waals surface area contributed by atoms with E-state index in [4.69, 9.17) is 10.5 Å². The Labute approximate surface area is 89.6 Å². The molecule has 0 fully saturated rings. The zero-order valence-corrected chi connectivity index (χ0v) is 9.06. The lowest BCUT2D eigenvalue weighted by Gasteiger charge is -2.16. The smallest absolute Gasteiger partial charge is 0.409 e. The van der Waals surface area contributed by atoms with Gasteiger partial charge in [-0.3, -0.25) is 0 Å². The summed E-state index contributed by atoms with van der Waals surface area (Å²) in [6.45, 7) is 2.71. The van der Waals surface area contributed by atoms with E-state index in [1.54, 1.807) is 14.0 Å². The van der Waals surface area contributed by atoms with Gasteiger partial charge in [-0.25, -0.2) is 4.79 Å². The van der Waals surface area contributed by atoms with Crippen LogP contribution in [0.25, 0.3) is 0 Å². The van der Waals surface area contributed by atoms with Crippen LogP contribution in [-0.4, -0.2) is 24.6 Å². The Bertz CT molecular complexity index is 322. The molecule has 0 aliphatic rings. The summed E-state index contributed by atoms with van der Waals surface area (Å²) < 4.78 is 4.86. The first-order chi connectivity index (χ1) is 7.13. The molecule has 0 heterocycles. The van der Waals surface area contributed by atoms with Crippen molar-refractivity contribution in [1.29, 1.82) is 0 Å². The SMILES string of the molecule is CCOC(=O)N(C)Cc1ccc(N)cc1. The number of hydrogen-bond acceptors (Lipinski definition) is 3. The van der Waals surface area contributed by atoms with Crippen LogP contribution in [0.15, 0.2) is 24.3 Å². The zero-order valence-electron chi connectivity index (χ0n) is 9.06. The van der Waals surface area contributed by atoms with Crippen molar-refractivity contribution in [3.63, 3.8) is 0 Å². The van der Waals surface area contributed by atoms with Crippen molar-refractivity contribution in [3.05, 3.63) is 29.8 Å². The third-order valence-corrected chi connectivity index (χ3v) is 1.98. The van der Waals surface area contributed by atoms with Gasteiger partial charge < -0.3 is 15.4 Å². The second kappa shape index (κ2) is 5.24. The van der Waals surface area contributed by atoms with Gasteiger partial charge in [0.2, 0.25) is 0 Å². The van der Waals surface area contributed by atoms with Crippen LogP contribution >= 0.6 is 0 Å². The molecule has 15 heavy (non-hydrogen) atoms. The first kappa shape index (κ1) is 11.4. The van der Waals surface area contributed by atoms with Crippen molar-refractivity contribution in [1.82, 2.24) is 4.90 Å². The summed E-state index contributed by atoms with van der Waals surface area (Å²) in [5.74, 6) is 0. The molecule has 0 unspecified atom stereocenters. The lowest BCUT2D eigenvalue weighted by molar-refractivity contribution is 0.114. The van der Waals surface area contributed by atoms with E-state index in [0.717, 1.165) is 11.3 Å². The lowest BCUT2D eigenvalue weighted by atomic mass is 10.2. The van der Waals surface area contributed by atoms with Gasteiger partial charge in [0.25, 0.3) is 0 Å². The number of anilines is 1. The first-order valence-electron chi connectivity index (χ1n) is 4.85. The van der Waals surface area contributed by atoms with E-state index in [0.29, 0.717) is 13.2 Å². The second-order valence-electron chi connectivity index (χ2n) is 3.30. The molecule has 1 amide bonds. The quantitative estimate of drug-likeness (QED) is 0.771. The predicted octanol–water partition coefficient (Wildman–Crippen LogP) is 1.86. The van der Waals surface area contributed by atoms with Crippen molar-refractivity contribution < 1.29 is 9.53 Å². The maximum atomic E-state index is 11.3. The van der Waals surface area contributed by atoms with E-state index in [-0.39, 0.29) is 6.09 Å². The summed E-state index contributed by atoms with van der Waals surface area (Å²) in [6, 6.07) is 7.42. The Morgan fingerprint density at radius 1 is 1.40 bits per heavy atom. The van der Waals surface area contributed by atoms with E-state index in [9.17, 15) is 4.79 Å². The van der Waals surface area contributed by atoms with Gasteiger partial charge in [-0.1, -0.05) is 12.1 Å². The average molecular weight is 208 g/mol. The van der Waals surface area contributed by atoms with E-state index in [1.807, 2.05) is 24.3 Å². The highest BCUT2D eigenvalue weighted by molar-refractivity contribution is 5.67. The van der Waals surface area contributed by atoms with E-state index >= 15 is 0 Å². The molecule has 4 nitrogen and oxygen atoms in total. The fourth-order valence-corrected chi connectivity index (χ4v) is 1.20. The molecule has 0 saturated carbocycles. The fraction of sp³-hybridized carbons (Fsp3) is 0.364. The molecule has 0 radical (unpaired) electrons. The molecule has 4 heteroatoms. The third-order valence-electron chi connectivity index (χ3n) is 1.98. The maximum Gasteiger partial charge on any atom is 0.409 e. The van der Waals surface area contributed by atoms with Gasteiger partial charge in [-0.15, -0.1) is 0 Å². The summed E-state index contributed by atoms with van der Waals surface area (Å²) in [5.41, 5.74) is 7.31. The van der Waals surface area contributed by atoms with Gasteiger partial charge in [0, 0.05) is 19.3 Å². The highest BCUT2D eigenvalue weighted by Gasteiger charge is 2.08. The molecule has 82 valence electrons. The Morgan fingerprint density at radius 3 is 2.53 bits per heavy atom. The summed E-state index contributed by atoms with van der Waals surface area (Å²) >= 11 is 0. The van der Waals surface area contributed by atoms with Crippen molar-refractivity contribution in [2.24, 2.45) is 0 Å². The van der Waals surface area contributed by atoms with Crippen molar-refractivity contribution in [2.75, 3.05) is 19.4 Å². The Morgan fingerprint density at radius 2 is 2.00 bits per heavy atom. The number of nitrogen functional groups attached to an aromatic ring is 1. The molecule has 0 aliphatic carbocycles. The normalized spacial score (nSPS) is 9.73. The van der Waals surface area contributed by atoms with Gasteiger partial charge >= 0.3 is 6.09 Å². The number of nitrogens with zero attached hydrogens (tertiary/aromatic N) is 1. The minimum atomic E-state index is -0.311. The lowest BCUT2D eigenvalue weighted by Crippen LogP contribution is -2.26. The van der Waals surface area contributed by atoms with Crippen LogP contribution < -0.4 is 5.73 Å². The third kappa shape index (κ3) is 3.50. The molecule has 1 aromatic rings. The number of carbonyl (C=O) groups is 1. The monoisotopic (exact) mass is 208 g/mol. The van der Waals surface area contributed by atoms with Crippen molar-refractivity contribution in [3.8, 4) is 0 Å².